The summed E-state index contributed by atoms with van der Waals surface area (Å²) in [6, 6.07) is 68.0. The summed E-state index contributed by atoms with van der Waals surface area (Å²) in [4.78, 5) is 5.21. The van der Waals surface area contributed by atoms with E-state index in [2.05, 4.69) is 241 Å². The summed E-state index contributed by atoms with van der Waals surface area (Å²) in [5.41, 5.74) is 19.4. The minimum Gasteiger partial charge on any atom is -0.311 e. The lowest BCUT2D eigenvalue weighted by Crippen LogP contribution is -2.73. The molecule has 62 heavy (non-hydrogen) atoms. The fraction of sp³-hybridized carbons (Fsp3) is 0.172. The Kier molecular flexibility index (Phi) is 8.60. The molecule has 3 heterocycles. The zero-order valence-electron chi connectivity index (χ0n) is 37.2. The number of fused-ring (bicyclic) bond motifs is 7. The number of nitrogens with zero attached hydrogens (tertiary/aromatic N) is 2. The average molecular weight is 817 g/mol. The fourth-order valence-electron chi connectivity index (χ4n) is 11.0. The quantitative estimate of drug-likeness (QED) is 0.163. The minimum absolute atomic E-state index is 0.00285. The first-order chi connectivity index (χ1) is 29.9. The van der Waals surface area contributed by atoms with E-state index in [1.807, 2.05) is 0 Å². The second-order valence-corrected chi connectivity index (χ2v) is 23.6. The maximum atomic E-state index is 2.69. The standard InChI is InChI=1S/C58H53BN2Si/c1-38-32-52-56-53(33-38)61(49-28-17-15-20-39(49)2)51-36-46-45-27-16-18-29-54(45)62(43-23-11-9-12-24-43,44-25-13-10-14-26-44)55(46)37-48(51)59(56)47-31-30-41(58(6,7)8)35-50(47)60(52)42-22-19-21-40(34-42)57(3,4)5/h9-37H,1-8H3. The number of hydrogen-bond donors (Lipinski definition) is 0. The van der Waals surface area contributed by atoms with Gasteiger partial charge in [0, 0.05) is 34.1 Å². The van der Waals surface area contributed by atoms with Crippen molar-refractivity contribution in [2.75, 3.05) is 9.80 Å². The molecule has 8 aromatic carbocycles. The molecule has 3 aliphatic rings. The molecule has 0 spiro atoms. The van der Waals surface area contributed by atoms with Crippen molar-refractivity contribution >= 4 is 86.0 Å². The van der Waals surface area contributed by atoms with Crippen LogP contribution in [-0.4, -0.2) is 14.8 Å². The highest BCUT2D eigenvalue weighted by Gasteiger charge is 2.51. The molecule has 0 unspecified atom stereocenters. The molecular weight excluding hydrogens is 764 g/mol. The van der Waals surface area contributed by atoms with Crippen LogP contribution in [0.5, 0.6) is 0 Å². The van der Waals surface area contributed by atoms with Crippen LogP contribution in [0.2, 0.25) is 0 Å². The number of rotatable bonds is 4. The molecule has 8 aromatic rings. The van der Waals surface area contributed by atoms with E-state index in [9.17, 15) is 0 Å². The molecule has 0 aromatic heterocycles. The van der Waals surface area contributed by atoms with Crippen molar-refractivity contribution in [2.45, 2.75) is 66.2 Å². The third-order valence-electron chi connectivity index (χ3n) is 14.0. The van der Waals surface area contributed by atoms with Crippen LogP contribution < -0.4 is 46.9 Å². The van der Waals surface area contributed by atoms with Crippen molar-refractivity contribution < 1.29 is 0 Å². The minimum atomic E-state index is -2.78. The summed E-state index contributed by atoms with van der Waals surface area (Å²) in [5, 5.41) is 5.79. The van der Waals surface area contributed by atoms with Crippen molar-refractivity contribution in [3.8, 4) is 11.1 Å². The van der Waals surface area contributed by atoms with Gasteiger partial charge in [0.25, 0.3) is 6.71 Å². The van der Waals surface area contributed by atoms with E-state index >= 15 is 0 Å². The summed E-state index contributed by atoms with van der Waals surface area (Å²) in [6.07, 6.45) is 0. The highest BCUT2D eigenvalue weighted by Crippen LogP contribution is 2.47. The highest BCUT2D eigenvalue weighted by atomic mass is 28.3. The third-order valence-corrected chi connectivity index (χ3v) is 18.8. The van der Waals surface area contributed by atoms with Crippen molar-refractivity contribution in [1.82, 2.24) is 0 Å². The van der Waals surface area contributed by atoms with Gasteiger partial charge in [0.2, 0.25) is 0 Å². The van der Waals surface area contributed by atoms with Crippen molar-refractivity contribution in [2.24, 2.45) is 0 Å². The van der Waals surface area contributed by atoms with Gasteiger partial charge in [0.05, 0.1) is 0 Å². The Balaban J connectivity index is 1.29. The summed E-state index contributed by atoms with van der Waals surface area (Å²) in [5.74, 6) is 0. The summed E-state index contributed by atoms with van der Waals surface area (Å²) in [7, 11) is -2.78. The zero-order valence-corrected chi connectivity index (χ0v) is 38.2. The van der Waals surface area contributed by atoms with Gasteiger partial charge >= 0.3 is 0 Å². The largest absolute Gasteiger partial charge is 0.311 e. The van der Waals surface area contributed by atoms with Gasteiger partial charge in [-0.1, -0.05) is 175 Å². The molecule has 302 valence electrons. The van der Waals surface area contributed by atoms with Crippen molar-refractivity contribution in [1.29, 1.82) is 0 Å². The van der Waals surface area contributed by atoms with E-state index in [-0.39, 0.29) is 17.5 Å². The van der Waals surface area contributed by atoms with E-state index in [0.29, 0.717) is 0 Å². The molecule has 3 aliphatic heterocycles. The fourth-order valence-corrected chi connectivity index (χ4v) is 16.2. The molecule has 0 atom stereocenters. The zero-order chi connectivity index (χ0) is 42.7. The van der Waals surface area contributed by atoms with Crippen molar-refractivity contribution in [3.05, 3.63) is 198 Å². The van der Waals surface area contributed by atoms with Crippen LogP contribution in [0.3, 0.4) is 0 Å². The van der Waals surface area contributed by atoms with E-state index in [4.69, 9.17) is 0 Å². The lowest BCUT2D eigenvalue weighted by molar-refractivity contribution is 0.590. The van der Waals surface area contributed by atoms with Gasteiger partial charge in [-0.2, -0.15) is 0 Å². The average Bonchev–Trinajstić information content (AvgIpc) is 3.55. The topological polar surface area (TPSA) is 6.48 Å². The Morgan fingerprint density at radius 1 is 0.419 bits per heavy atom. The third kappa shape index (κ3) is 5.62. The van der Waals surface area contributed by atoms with Crippen molar-refractivity contribution in [3.63, 3.8) is 0 Å². The molecular formula is C58H53BN2Si. The van der Waals surface area contributed by atoms with Gasteiger partial charge in [-0.3, -0.25) is 0 Å². The molecule has 2 nitrogen and oxygen atoms in total. The molecule has 0 saturated carbocycles. The molecule has 0 bridgehead atoms. The SMILES string of the molecule is Cc1cc2c3c(c1)N(c1ccccc1C)c1cc4c(cc1B3c1ccc(C(C)(C)C)cc1N2c1cccc(C(C)(C)C)c1)[Si](c1ccccc1)(c1ccccc1)c1ccccc1-4. The molecule has 0 aliphatic carbocycles. The van der Waals surface area contributed by atoms with Gasteiger partial charge in [0.15, 0.2) is 8.07 Å². The number of aryl methyl sites for hydroxylation is 2. The second-order valence-electron chi connectivity index (χ2n) is 19.9. The Bertz CT molecular complexity index is 3040. The lowest BCUT2D eigenvalue weighted by atomic mass is 9.33. The first kappa shape index (κ1) is 38.6. The first-order valence-electron chi connectivity index (χ1n) is 22.3. The molecule has 11 rings (SSSR count). The maximum absolute atomic E-state index is 2.78. The van der Waals surface area contributed by atoms with E-state index in [0.717, 1.165) is 0 Å². The predicted molar refractivity (Wildman–Crippen MR) is 270 cm³/mol. The van der Waals surface area contributed by atoms with E-state index < -0.39 is 8.07 Å². The van der Waals surface area contributed by atoms with Crippen LogP contribution in [0.4, 0.5) is 34.1 Å². The Hall–Kier alpha value is -6.36. The van der Waals surface area contributed by atoms with Gasteiger partial charge in [-0.05, 0) is 138 Å². The molecule has 0 radical (unpaired) electrons. The molecule has 0 fully saturated rings. The van der Waals surface area contributed by atoms with Crippen LogP contribution in [0, 0.1) is 13.8 Å². The summed E-state index contributed by atoms with van der Waals surface area (Å²) >= 11 is 0. The van der Waals surface area contributed by atoms with Crippen LogP contribution in [0.1, 0.15) is 63.8 Å². The second kappa shape index (κ2) is 13.8. The van der Waals surface area contributed by atoms with E-state index in [1.54, 1.807) is 0 Å². The van der Waals surface area contributed by atoms with Gasteiger partial charge in [-0.15, -0.1) is 0 Å². The Morgan fingerprint density at radius 2 is 1.02 bits per heavy atom. The van der Waals surface area contributed by atoms with Gasteiger partial charge in [0.1, 0.15) is 0 Å². The molecule has 0 N–H and O–H groups in total. The predicted octanol–water partition coefficient (Wildman–Crippen LogP) is 10.3. The number of hydrogen-bond acceptors (Lipinski definition) is 2. The number of benzene rings is 8. The van der Waals surface area contributed by atoms with Gasteiger partial charge < -0.3 is 9.80 Å². The highest BCUT2D eigenvalue weighted by molar-refractivity contribution is 7.22. The van der Waals surface area contributed by atoms with Crippen LogP contribution in [-0.2, 0) is 10.8 Å². The molecule has 0 amide bonds. The smallest absolute Gasteiger partial charge is 0.252 e. The number of para-hydroxylation sites is 1. The van der Waals surface area contributed by atoms with E-state index in [1.165, 1.54) is 105 Å². The summed E-state index contributed by atoms with van der Waals surface area (Å²) in [6.45, 7) is 18.5. The first-order valence-corrected chi connectivity index (χ1v) is 24.3. The number of anilines is 6. The molecule has 0 saturated heterocycles. The lowest BCUT2D eigenvalue weighted by Gasteiger charge is -2.45. The monoisotopic (exact) mass is 816 g/mol. The van der Waals surface area contributed by atoms with Gasteiger partial charge in [-0.25, -0.2) is 0 Å². The Labute approximate surface area is 369 Å². The maximum Gasteiger partial charge on any atom is 0.252 e. The van der Waals surface area contributed by atoms with Crippen LogP contribution >= 0.6 is 0 Å². The van der Waals surface area contributed by atoms with Crippen LogP contribution in [0.15, 0.2) is 176 Å². The normalized spacial score (nSPS) is 14.5. The Morgan fingerprint density at radius 3 is 1.69 bits per heavy atom. The molecule has 4 heteroatoms. The van der Waals surface area contributed by atoms with Crippen LogP contribution in [0.25, 0.3) is 11.1 Å². The summed E-state index contributed by atoms with van der Waals surface area (Å²) < 4.78 is 0.